The standard InChI is InChI=1S/C24H30N4O2/c1-3-27(22-13-8-7-10-20(22)2)19-17-26-23(29)14-15-24(30)28(18-9-16-25)21-11-5-4-6-12-21/h4-8,10-13H,3,9,14-15,17-19H2,1-2H3,(H,26,29). The number of nitrogens with zero attached hydrogens (tertiary/aromatic N) is 3. The Bertz CT molecular complexity index is 861. The molecule has 0 aromatic heterocycles. The van der Waals surface area contributed by atoms with Gasteiger partial charge in [0.05, 0.1) is 12.5 Å². The second kappa shape index (κ2) is 12.3. The number of benzene rings is 2. The van der Waals surface area contributed by atoms with E-state index < -0.39 is 0 Å². The molecule has 0 aliphatic heterocycles. The fraction of sp³-hybridized carbons (Fsp3) is 0.375. The minimum atomic E-state index is -0.151. The Kier molecular flexibility index (Phi) is 9.39. The van der Waals surface area contributed by atoms with E-state index in [0.717, 1.165) is 12.2 Å². The van der Waals surface area contributed by atoms with Gasteiger partial charge >= 0.3 is 0 Å². The number of hydrogen-bond donors (Lipinski definition) is 1. The zero-order chi connectivity index (χ0) is 21.8. The highest BCUT2D eigenvalue weighted by Crippen LogP contribution is 2.18. The average Bonchev–Trinajstić information content (AvgIpc) is 2.77. The van der Waals surface area contributed by atoms with E-state index in [1.54, 1.807) is 4.90 Å². The third-order valence-corrected chi connectivity index (χ3v) is 4.92. The van der Waals surface area contributed by atoms with Gasteiger partial charge in [-0.25, -0.2) is 0 Å². The first-order valence-corrected chi connectivity index (χ1v) is 10.4. The van der Waals surface area contributed by atoms with E-state index in [-0.39, 0.29) is 31.1 Å². The number of aryl methyl sites for hydroxylation is 1. The highest BCUT2D eigenvalue weighted by Gasteiger charge is 2.16. The molecule has 0 spiro atoms. The highest BCUT2D eigenvalue weighted by atomic mass is 16.2. The van der Waals surface area contributed by atoms with Gasteiger partial charge in [-0.2, -0.15) is 5.26 Å². The summed E-state index contributed by atoms with van der Waals surface area (Å²) in [6.07, 6.45) is 0.491. The first-order valence-electron chi connectivity index (χ1n) is 10.4. The Hall–Kier alpha value is -3.33. The summed E-state index contributed by atoms with van der Waals surface area (Å²) in [5.74, 6) is -0.292. The van der Waals surface area contributed by atoms with Crippen LogP contribution >= 0.6 is 0 Å². The predicted molar refractivity (Wildman–Crippen MR) is 120 cm³/mol. The van der Waals surface area contributed by atoms with Crippen LogP contribution in [0.3, 0.4) is 0 Å². The molecule has 2 amide bonds. The van der Waals surface area contributed by atoms with Gasteiger partial charge < -0.3 is 15.1 Å². The molecule has 0 aliphatic rings. The molecule has 0 bridgehead atoms. The molecule has 0 atom stereocenters. The molecule has 6 heteroatoms. The van der Waals surface area contributed by atoms with Crippen molar-refractivity contribution in [1.29, 1.82) is 5.26 Å². The van der Waals surface area contributed by atoms with Crippen LogP contribution < -0.4 is 15.1 Å². The Balaban J connectivity index is 1.82. The van der Waals surface area contributed by atoms with Crippen LogP contribution in [-0.4, -0.2) is 38.0 Å². The zero-order valence-corrected chi connectivity index (χ0v) is 17.8. The monoisotopic (exact) mass is 406 g/mol. The number of para-hydroxylation sites is 2. The molecule has 0 radical (unpaired) electrons. The average molecular weight is 407 g/mol. The lowest BCUT2D eigenvalue weighted by molar-refractivity contribution is -0.125. The predicted octanol–water partition coefficient (Wildman–Crippen LogP) is 3.66. The van der Waals surface area contributed by atoms with E-state index in [0.29, 0.717) is 19.6 Å². The number of amides is 2. The van der Waals surface area contributed by atoms with Crippen LogP contribution in [0.15, 0.2) is 54.6 Å². The van der Waals surface area contributed by atoms with Crippen molar-refractivity contribution in [3.63, 3.8) is 0 Å². The fourth-order valence-corrected chi connectivity index (χ4v) is 3.31. The SMILES string of the molecule is CCN(CCNC(=O)CCC(=O)N(CCC#N)c1ccccc1)c1ccccc1C. The Morgan fingerprint density at radius 1 is 1.00 bits per heavy atom. The van der Waals surface area contributed by atoms with E-state index in [9.17, 15) is 9.59 Å². The van der Waals surface area contributed by atoms with E-state index in [1.807, 2.05) is 42.5 Å². The molecule has 0 saturated heterocycles. The van der Waals surface area contributed by atoms with Crippen LogP contribution in [0.25, 0.3) is 0 Å². The highest BCUT2D eigenvalue weighted by molar-refractivity contribution is 5.95. The number of likely N-dealkylation sites (N-methyl/N-ethyl adjacent to an activating group) is 1. The molecule has 1 N–H and O–H groups in total. The molecule has 158 valence electrons. The quantitative estimate of drug-likeness (QED) is 0.618. The molecule has 2 aromatic rings. The van der Waals surface area contributed by atoms with Crippen LogP contribution in [0, 0.1) is 18.3 Å². The molecule has 0 heterocycles. The third-order valence-electron chi connectivity index (χ3n) is 4.92. The number of carbonyl (C=O) groups excluding carboxylic acids is 2. The lowest BCUT2D eigenvalue weighted by Gasteiger charge is -2.25. The third kappa shape index (κ3) is 6.93. The van der Waals surface area contributed by atoms with E-state index >= 15 is 0 Å². The molecular weight excluding hydrogens is 376 g/mol. The summed E-state index contributed by atoms with van der Waals surface area (Å²) < 4.78 is 0. The summed E-state index contributed by atoms with van der Waals surface area (Å²) in [7, 11) is 0. The lowest BCUT2D eigenvalue weighted by atomic mass is 10.2. The summed E-state index contributed by atoms with van der Waals surface area (Å²) in [6, 6.07) is 19.5. The van der Waals surface area contributed by atoms with Crippen LogP contribution in [0.4, 0.5) is 11.4 Å². The fourth-order valence-electron chi connectivity index (χ4n) is 3.31. The molecule has 2 aromatic carbocycles. The maximum atomic E-state index is 12.6. The summed E-state index contributed by atoms with van der Waals surface area (Å²) in [4.78, 5) is 28.7. The molecule has 0 saturated carbocycles. The van der Waals surface area contributed by atoms with Crippen LogP contribution in [0.5, 0.6) is 0 Å². The van der Waals surface area contributed by atoms with Crippen molar-refractivity contribution in [3.8, 4) is 6.07 Å². The van der Waals surface area contributed by atoms with Gasteiger partial charge in [-0.3, -0.25) is 9.59 Å². The van der Waals surface area contributed by atoms with E-state index in [4.69, 9.17) is 5.26 Å². The van der Waals surface area contributed by atoms with Gasteiger partial charge in [-0.1, -0.05) is 36.4 Å². The van der Waals surface area contributed by atoms with E-state index in [2.05, 4.69) is 42.3 Å². The summed E-state index contributed by atoms with van der Waals surface area (Å²) >= 11 is 0. The molecule has 0 unspecified atom stereocenters. The maximum absolute atomic E-state index is 12.6. The largest absolute Gasteiger partial charge is 0.370 e. The summed E-state index contributed by atoms with van der Waals surface area (Å²) in [6.45, 7) is 6.57. The maximum Gasteiger partial charge on any atom is 0.227 e. The van der Waals surface area contributed by atoms with Crippen molar-refractivity contribution in [2.45, 2.75) is 33.1 Å². The molecule has 0 fully saturated rings. The minimum Gasteiger partial charge on any atom is -0.370 e. The first kappa shape index (κ1) is 23.0. The molecule has 6 nitrogen and oxygen atoms in total. The number of anilines is 2. The van der Waals surface area contributed by atoms with Crippen molar-refractivity contribution < 1.29 is 9.59 Å². The van der Waals surface area contributed by atoms with Gasteiger partial charge in [-0.05, 0) is 37.6 Å². The Labute approximate surface area is 179 Å². The van der Waals surface area contributed by atoms with Crippen molar-refractivity contribution in [2.75, 3.05) is 36.0 Å². The van der Waals surface area contributed by atoms with Gasteiger partial charge in [0, 0.05) is 50.4 Å². The van der Waals surface area contributed by atoms with Crippen molar-refractivity contribution in [1.82, 2.24) is 5.32 Å². The van der Waals surface area contributed by atoms with Crippen LogP contribution in [0.1, 0.15) is 31.7 Å². The molecular formula is C24H30N4O2. The van der Waals surface area contributed by atoms with E-state index in [1.165, 1.54) is 11.3 Å². The zero-order valence-electron chi connectivity index (χ0n) is 17.8. The van der Waals surface area contributed by atoms with Crippen molar-refractivity contribution in [3.05, 3.63) is 60.2 Å². The van der Waals surface area contributed by atoms with Crippen LogP contribution in [-0.2, 0) is 9.59 Å². The number of rotatable bonds is 11. The normalized spacial score (nSPS) is 10.2. The van der Waals surface area contributed by atoms with Gasteiger partial charge in [0.15, 0.2) is 0 Å². The second-order valence-electron chi connectivity index (χ2n) is 7.01. The molecule has 30 heavy (non-hydrogen) atoms. The van der Waals surface area contributed by atoms with Gasteiger partial charge in [-0.15, -0.1) is 0 Å². The summed E-state index contributed by atoms with van der Waals surface area (Å²) in [5.41, 5.74) is 3.12. The van der Waals surface area contributed by atoms with Gasteiger partial charge in [0.1, 0.15) is 0 Å². The topological polar surface area (TPSA) is 76.4 Å². The van der Waals surface area contributed by atoms with Crippen molar-refractivity contribution >= 4 is 23.2 Å². The number of hydrogen-bond acceptors (Lipinski definition) is 4. The smallest absolute Gasteiger partial charge is 0.227 e. The number of nitriles is 1. The van der Waals surface area contributed by atoms with Gasteiger partial charge in [0.2, 0.25) is 11.8 Å². The lowest BCUT2D eigenvalue weighted by Crippen LogP contribution is -2.36. The van der Waals surface area contributed by atoms with Crippen molar-refractivity contribution in [2.24, 2.45) is 0 Å². The number of nitrogens with one attached hydrogen (secondary N) is 1. The van der Waals surface area contributed by atoms with Crippen LogP contribution in [0.2, 0.25) is 0 Å². The van der Waals surface area contributed by atoms with Gasteiger partial charge in [0.25, 0.3) is 0 Å². The molecule has 0 aliphatic carbocycles. The summed E-state index contributed by atoms with van der Waals surface area (Å²) in [5, 5.41) is 11.8. The minimum absolute atomic E-state index is 0.113. The Morgan fingerprint density at radius 2 is 1.70 bits per heavy atom. The second-order valence-corrected chi connectivity index (χ2v) is 7.01. The first-order chi connectivity index (χ1) is 14.6. The molecule has 2 rings (SSSR count). The Morgan fingerprint density at radius 3 is 2.37 bits per heavy atom. The number of carbonyl (C=O) groups is 2.